The number of rotatable bonds is 0. The molecule has 2 N–H and O–H groups in total. The van der Waals surface area contributed by atoms with Crippen molar-refractivity contribution in [3.8, 4) is 0 Å². The van der Waals surface area contributed by atoms with Gasteiger partial charge < -0.3 is 5.73 Å². The molecule has 14 heavy (non-hydrogen) atoms. The smallest absolute Gasteiger partial charge is 0.117 e. The molecule has 1 aliphatic rings. The Balaban J connectivity index is 2.43. The van der Waals surface area contributed by atoms with Crippen LogP contribution in [0, 0.1) is 0 Å². The minimum absolute atomic E-state index is 0.592. The number of nitrogens with two attached hydrogens (primary N) is 1. The van der Waals surface area contributed by atoms with Crippen LogP contribution in [0.1, 0.15) is 12.1 Å². The van der Waals surface area contributed by atoms with E-state index in [1.165, 1.54) is 12.1 Å². The van der Waals surface area contributed by atoms with Gasteiger partial charge in [0.05, 0.1) is 10.7 Å². The molecule has 0 bridgehead atoms. The molecule has 2 aromatic rings. The largest absolute Gasteiger partial charge is 0.396 e. The molecule has 1 aromatic carbocycles. The van der Waals surface area contributed by atoms with Gasteiger partial charge in [0.2, 0.25) is 0 Å². The molecule has 0 saturated heterocycles. The number of nitrogens with zero attached hydrogens (tertiary/aromatic N) is 2. The van der Waals surface area contributed by atoms with Gasteiger partial charge in [-0.3, -0.25) is 4.68 Å². The quantitative estimate of drug-likeness (QED) is 0.674. The van der Waals surface area contributed by atoms with Crippen molar-refractivity contribution in [3.63, 3.8) is 0 Å². The van der Waals surface area contributed by atoms with Gasteiger partial charge in [-0.1, -0.05) is 11.6 Å². The maximum Gasteiger partial charge on any atom is 0.117 e. The van der Waals surface area contributed by atoms with Gasteiger partial charge in [-0.25, -0.2) is 0 Å². The minimum atomic E-state index is 0.592. The summed E-state index contributed by atoms with van der Waals surface area (Å²) in [6, 6.07) is 3.86. The number of nitrogen functional groups attached to an aromatic ring is 1. The van der Waals surface area contributed by atoms with Crippen LogP contribution in [0.3, 0.4) is 0 Å². The number of fused-ring (bicyclic) bond motifs is 3. The van der Waals surface area contributed by atoms with Crippen molar-refractivity contribution >= 4 is 28.2 Å². The SMILES string of the molecule is Nc1c(Cl)ccc2c3n(nc12)CCC3. The molecule has 1 aromatic heterocycles. The normalized spacial score (nSPS) is 14.9. The topological polar surface area (TPSA) is 43.8 Å². The molecule has 0 unspecified atom stereocenters. The Labute approximate surface area is 86.5 Å². The number of hydrogen-bond acceptors (Lipinski definition) is 2. The van der Waals surface area contributed by atoms with Crippen LogP contribution in [0.25, 0.3) is 10.9 Å². The molecule has 0 aliphatic carbocycles. The molecule has 0 radical (unpaired) electrons. The summed E-state index contributed by atoms with van der Waals surface area (Å²) < 4.78 is 2.04. The second-order valence-electron chi connectivity index (χ2n) is 3.63. The van der Waals surface area contributed by atoms with E-state index in [1.807, 2.05) is 16.8 Å². The molecule has 0 fully saturated rings. The molecule has 2 heterocycles. The standard InChI is InChI=1S/C10H10ClN3/c11-7-4-3-6-8-2-1-5-14(8)13-10(6)9(7)12/h3-4H,1-2,5,12H2. The Morgan fingerprint density at radius 1 is 1.43 bits per heavy atom. The summed E-state index contributed by atoms with van der Waals surface area (Å²) in [6.45, 7) is 1.00. The van der Waals surface area contributed by atoms with E-state index in [4.69, 9.17) is 17.3 Å². The van der Waals surface area contributed by atoms with Gasteiger partial charge in [-0.15, -0.1) is 0 Å². The summed E-state index contributed by atoms with van der Waals surface area (Å²) in [4.78, 5) is 0. The van der Waals surface area contributed by atoms with Gasteiger partial charge in [-0.2, -0.15) is 5.10 Å². The molecule has 72 valence electrons. The summed E-state index contributed by atoms with van der Waals surface area (Å²) >= 11 is 5.94. The lowest BCUT2D eigenvalue weighted by Crippen LogP contribution is -1.94. The van der Waals surface area contributed by atoms with Crippen molar-refractivity contribution in [1.82, 2.24) is 9.78 Å². The predicted octanol–water partition coefficient (Wildman–Crippen LogP) is 2.22. The Bertz CT molecular complexity index is 516. The second kappa shape index (κ2) is 2.64. The zero-order chi connectivity index (χ0) is 9.71. The van der Waals surface area contributed by atoms with Crippen molar-refractivity contribution in [2.24, 2.45) is 0 Å². The molecule has 3 nitrogen and oxygen atoms in total. The number of benzene rings is 1. The van der Waals surface area contributed by atoms with Crippen LogP contribution < -0.4 is 5.73 Å². The Morgan fingerprint density at radius 3 is 3.14 bits per heavy atom. The Hall–Kier alpha value is -1.22. The van der Waals surface area contributed by atoms with Gasteiger partial charge in [0.25, 0.3) is 0 Å². The highest BCUT2D eigenvalue weighted by Crippen LogP contribution is 2.32. The maximum absolute atomic E-state index is 5.94. The lowest BCUT2D eigenvalue weighted by molar-refractivity contribution is 0.664. The summed E-state index contributed by atoms with van der Waals surface area (Å²) in [7, 11) is 0. The van der Waals surface area contributed by atoms with Gasteiger partial charge in [-0.05, 0) is 25.0 Å². The molecule has 0 saturated carbocycles. The van der Waals surface area contributed by atoms with E-state index in [0.717, 1.165) is 23.9 Å². The fraction of sp³-hybridized carbons (Fsp3) is 0.300. The Morgan fingerprint density at radius 2 is 2.29 bits per heavy atom. The van der Waals surface area contributed by atoms with E-state index in [9.17, 15) is 0 Å². The summed E-state index contributed by atoms with van der Waals surface area (Å²) in [6.07, 6.45) is 2.28. The molecule has 4 heteroatoms. The highest BCUT2D eigenvalue weighted by atomic mass is 35.5. The first kappa shape index (κ1) is 8.12. The number of anilines is 1. The number of hydrogen-bond donors (Lipinski definition) is 1. The van der Waals surface area contributed by atoms with Crippen molar-refractivity contribution in [2.45, 2.75) is 19.4 Å². The fourth-order valence-corrected chi connectivity index (χ4v) is 2.24. The van der Waals surface area contributed by atoms with Crippen molar-refractivity contribution < 1.29 is 0 Å². The zero-order valence-corrected chi connectivity index (χ0v) is 8.38. The first-order valence-corrected chi connectivity index (χ1v) is 5.08. The van der Waals surface area contributed by atoms with E-state index < -0.39 is 0 Å². The van der Waals surface area contributed by atoms with Gasteiger partial charge in [0.1, 0.15) is 5.52 Å². The lowest BCUT2D eigenvalue weighted by atomic mass is 10.1. The van der Waals surface area contributed by atoms with Crippen LogP contribution in [-0.2, 0) is 13.0 Å². The van der Waals surface area contributed by atoms with E-state index >= 15 is 0 Å². The third-order valence-corrected chi connectivity index (χ3v) is 3.12. The van der Waals surface area contributed by atoms with Crippen LogP contribution in [0.2, 0.25) is 5.02 Å². The van der Waals surface area contributed by atoms with Crippen molar-refractivity contribution in [3.05, 3.63) is 22.8 Å². The third-order valence-electron chi connectivity index (χ3n) is 2.79. The predicted molar refractivity (Wildman–Crippen MR) is 57.5 cm³/mol. The van der Waals surface area contributed by atoms with Crippen LogP contribution >= 0.6 is 11.6 Å². The molecule has 0 amide bonds. The van der Waals surface area contributed by atoms with Gasteiger partial charge in [0.15, 0.2) is 0 Å². The Kier molecular flexibility index (Phi) is 1.53. The fourth-order valence-electron chi connectivity index (χ4n) is 2.09. The molecule has 0 atom stereocenters. The molecule has 3 rings (SSSR count). The lowest BCUT2D eigenvalue weighted by Gasteiger charge is -1.98. The van der Waals surface area contributed by atoms with Crippen LogP contribution in [0.4, 0.5) is 5.69 Å². The van der Waals surface area contributed by atoms with Crippen LogP contribution in [0.5, 0.6) is 0 Å². The average molecular weight is 208 g/mol. The zero-order valence-electron chi connectivity index (χ0n) is 7.63. The van der Waals surface area contributed by atoms with Gasteiger partial charge in [0, 0.05) is 17.6 Å². The highest BCUT2D eigenvalue weighted by Gasteiger charge is 2.18. The first-order valence-electron chi connectivity index (χ1n) is 4.71. The van der Waals surface area contributed by atoms with E-state index in [2.05, 4.69) is 5.10 Å². The molecule has 0 spiro atoms. The molecule has 1 aliphatic heterocycles. The van der Waals surface area contributed by atoms with E-state index in [1.54, 1.807) is 0 Å². The van der Waals surface area contributed by atoms with E-state index in [-0.39, 0.29) is 0 Å². The van der Waals surface area contributed by atoms with E-state index in [0.29, 0.717) is 10.7 Å². The van der Waals surface area contributed by atoms with Crippen molar-refractivity contribution in [2.75, 3.05) is 5.73 Å². The molecular formula is C10H10ClN3. The summed E-state index contributed by atoms with van der Waals surface area (Å²) in [5.41, 5.74) is 8.62. The van der Waals surface area contributed by atoms with Crippen LogP contribution in [0.15, 0.2) is 12.1 Å². The average Bonchev–Trinajstić information content (AvgIpc) is 2.71. The maximum atomic E-state index is 5.94. The van der Waals surface area contributed by atoms with Crippen molar-refractivity contribution in [1.29, 1.82) is 0 Å². The first-order chi connectivity index (χ1) is 6.77. The number of aryl methyl sites for hydroxylation is 2. The van der Waals surface area contributed by atoms with Crippen LogP contribution in [-0.4, -0.2) is 9.78 Å². The number of halogens is 1. The summed E-state index contributed by atoms with van der Waals surface area (Å²) in [5.74, 6) is 0. The molecular weight excluding hydrogens is 198 g/mol. The minimum Gasteiger partial charge on any atom is -0.396 e. The number of aromatic nitrogens is 2. The highest BCUT2D eigenvalue weighted by molar-refractivity contribution is 6.34. The third kappa shape index (κ3) is 0.904. The second-order valence-corrected chi connectivity index (χ2v) is 4.04. The summed E-state index contributed by atoms with van der Waals surface area (Å²) in [5, 5.41) is 6.21. The van der Waals surface area contributed by atoms with Gasteiger partial charge >= 0.3 is 0 Å². The monoisotopic (exact) mass is 207 g/mol.